The van der Waals surface area contributed by atoms with Crippen LogP contribution in [-0.2, 0) is 9.59 Å². The first-order chi connectivity index (χ1) is 11.3. The number of allylic oxidation sites excluding steroid dienone is 4. The molecule has 4 aliphatic rings. The van der Waals surface area contributed by atoms with Crippen molar-refractivity contribution in [2.75, 3.05) is 0 Å². The SMILES string of the molecule is CC1=CC2C(CC[C@@]3(C)C2CC[C@@H]3C(N)=O)[C@@]2(C)CCC(=O)C=C12. The van der Waals surface area contributed by atoms with Gasteiger partial charge in [0, 0.05) is 12.3 Å². The maximum atomic E-state index is 12.0. The number of primary amides is 1. The van der Waals surface area contributed by atoms with E-state index >= 15 is 0 Å². The monoisotopic (exact) mass is 327 g/mol. The molecule has 2 fully saturated rings. The van der Waals surface area contributed by atoms with E-state index in [1.165, 1.54) is 11.1 Å². The Bertz CT molecular complexity index is 675. The summed E-state index contributed by atoms with van der Waals surface area (Å²) in [5.41, 5.74) is 8.50. The maximum Gasteiger partial charge on any atom is 0.221 e. The Morgan fingerprint density at radius 2 is 1.92 bits per heavy atom. The average Bonchev–Trinajstić information content (AvgIpc) is 2.87. The van der Waals surface area contributed by atoms with Crippen molar-refractivity contribution < 1.29 is 9.59 Å². The van der Waals surface area contributed by atoms with E-state index in [-0.39, 0.29) is 28.4 Å². The molecule has 4 aliphatic carbocycles. The molecule has 0 spiro atoms. The van der Waals surface area contributed by atoms with Crippen molar-refractivity contribution in [3.05, 3.63) is 23.3 Å². The first-order valence-electron chi connectivity index (χ1n) is 9.50. The van der Waals surface area contributed by atoms with Crippen LogP contribution in [0.3, 0.4) is 0 Å². The minimum atomic E-state index is -0.106. The minimum absolute atomic E-state index is 0.0369. The second-order valence-corrected chi connectivity index (χ2v) is 9.16. The van der Waals surface area contributed by atoms with E-state index in [0.717, 1.165) is 32.1 Å². The molecule has 0 aromatic carbocycles. The first-order valence-corrected chi connectivity index (χ1v) is 9.50. The van der Waals surface area contributed by atoms with Crippen LogP contribution in [0.4, 0.5) is 0 Å². The van der Waals surface area contributed by atoms with Gasteiger partial charge in [0.1, 0.15) is 0 Å². The Kier molecular flexibility index (Phi) is 3.40. The fraction of sp³-hybridized carbons (Fsp3) is 0.714. The third-order valence-electron chi connectivity index (χ3n) is 8.17. The zero-order valence-corrected chi connectivity index (χ0v) is 15.1. The molecule has 130 valence electrons. The lowest BCUT2D eigenvalue weighted by atomic mass is 9.47. The van der Waals surface area contributed by atoms with Crippen LogP contribution in [0.2, 0.25) is 0 Å². The highest BCUT2D eigenvalue weighted by Gasteiger charge is 2.59. The molecule has 3 unspecified atom stereocenters. The lowest BCUT2D eigenvalue weighted by molar-refractivity contribution is -0.128. The summed E-state index contributed by atoms with van der Waals surface area (Å²) in [6, 6.07) is 0. The van der Waals surface area contributed by atoms with Gasteiger partial charge >= 0.3 is 0 Å². The van der Waals surface area contributed by atoms with E-state index in [4.69, 9.17) is 5.73 Å². The van der Waals surface area contributed by atoms with Gasteiger partial charge in [-0.1, -0.05) is 25.5 Å². The van der Waals surface area contributed by atoms with E-state index in [9.17, 15) is 9.59 Å². The topological polar surface area (TPSA) is 60.2 Å². The predicted octanol–water partition coefficient (Wildman–Crippen LogP) is 3.79. The molecule has 3 nitrogen and oxygen atoms in total. The van der Waals surface area contributed by atoms with Gasteiger partial charge in [0.25, 0.3) is 0 Å². The highest BCUT2D eigenvalue weighted by atomic mass is 16.1. The summed E-state index contributed by atoms with van der Waals surface area (Å²) in [4.78, 5) is 23.9. The molecule has 0 radical (unpaired) electrons. The summed E-state index contributed by atoms with van der Waals surface area (Å²) in [5.74, 6) is 1.90. The van der Waals surface area contributed by atoms with Gasteiger partial charge in [-0.3, -0.25) is 9.59 Å². The van der Waals surface area contributed by atoms with E-state index in [1.54, 1.807) is 0 Å². The third-order valence-corrected chi connectivity index (χ3v) is 8.17. The van der Waals surface area contributed by atoms with Gasteiger partial charge in [0.05, 0.1) is 0 Å². The Morgan fingerprint density at radius 3 is 2.62 bits per heavy atom. The smallest absolute Gasteiger partial charge is 0.221 e. The number of nitrogens with two attached hydrogens (primary N) is 1. The molecule has 2 saturated carbocycles. The summed E-state index contributed by atoms with van der Waals surface area (Å²) < 4.78 is 0. The van der Waals surface area contributed by atoms with Gasteiger partial charge < -0.3 is 5.73 Å². The predicted molar refractivity (Wildman–Crippen MR) is 93.9 cm³/mol. The van der Waals surface area contributed by atoms with Crippen LogP contribution in [0.15, 0.2) is 23.3 Å². The molecule has 4 rings (SSSR count). The second kappa shape index (κ2) is 5.06. The van der Waals surface area contributed by atoms with Crippen LogP contribution in [-0.4, -0.2) is 11.7 Å². The van der Waals surface area contributed by atoms with Crippen molar-refractivity contribution in [1.29, 1.82) is 0 Å². The lowest BCUT2D eigenvalue weighted by Gasteiger charge is -2.56. The molecule has 0 aliphatic heterocycles. The third kappa shape index (κ3) is 1.96. The summed E-state index contributed by atoms with van der Waals surface area (Å²) in [5, 5.41) is 0. The molecule has 0 bridgehead atoms. The Balaban J connectivity index is 1.77. The average molecular weight is 327 g/mol. The fourth-order valence-corrected chi connectivity index (χ4v) is 6.88. The second-order valence-electron chi connectivity index (χ2n) is 9.16. The zero-order valence-electron chi connectivity index (χ0n) is 15.1. The van der Waals surface area contributed by atoms with Crippen molar-refractivity contribution in [2.24, 2.45) is 40.2 Å². The van der Waals surface area contributed by atoms with Crippen LogP contribution in [0.25, 0.3) is 0 Å². The summed E-state index contributed by atoms with van der Waals surface area (Å²) in [6.45, 7) is 6.85. The van der Waals surface area contributed by atoms with Crippen molar-refractivity contribution in [1.82, 2.24) is 0 Å². The number of hydrogen-bond donors (Lipinski definition) is 1. The lowest BCUT2D eigenvalue weighted by Crippen LogP contribution is -2.50. The number of rotatable bonds is 1. The fourth-order valence-electron chi connectivity index (χ4n) is 6.88. The van der Waals surface area contributed by atoms with Crippen molar-refractivity contribution in [3.63, 3.8) is 0 Å². The van der Waals surface area contributed by atoms with Gasteiger partial charge in [-0.25, -0.2) is 0 Å². The number of fused-ring (bicyclic) bond motifs is 5. The standard InChI is InChI=1S/C21H29NO2/c1-12-10-14-15-4-5-17(19(22)24)20(15,2)9-7-16(14)21(3)8-6-13(23)11-18(12)21/h10-11,14-17H,4-9H2,1-3H3,(H2,22,24)/t14?,15?,16?,17-,20+,21-/m1/s1. The Labute approximate surface area is 144 Å². The highest BCUT2D eigenvalue weighted by Crippen LogP contribution is 2.65. The molecule has 3 heteroatoms. The quantitative estimate of drug-likeness (QED) is 0.796. The number of carbonyl (C=O) groups excluding carboxylic acids is 2. The van der Waals surface area contributed by atoms with Crippen molar-refractivity contribution in [3.8, 4) is 0 Å². The van der Waals surface area contributed by atoms with Crippen molar-refractivity contribution >= 4 is 11.7 Å². The molecule has 1 amide bonds. The first kappa shape index (κ1) is 16.1. The minimum Gasteiger partial charge on any atom is -0.369 e. The number of hydrogen-bond acceptors (Lipinski definition) is 2. The number of carbonyl (C=O) groups is 2. The van der Waals surface area contributed by atoms with E-state index in [2.05, 4.69) is 26.8 Å². The van der Waals surface area contributed by atoms with Gasteiger partial charge in [-0.2, -0.15) is 0 Å². The van der Waals surface area contributed by atoms with Gasteiger partial charge in [-0.05, 0) is 79.3 Å². The van der Waals surface area contributed by atoms with Gasteiger partial charge in [0.15, 0.2) is 5.78 Å². The molecular formula is C21H29NO2. The molecule has 6 atom stereocenters. The largest absolute Gasteiger partial charge is 0.369 e. The highest BCUT2D eigenvalue weighted by molar-refractivity contribution is 5.92. The van der Waals surface area contributed by atoms with Crippen molar-refractivity contribution in [2.45, 2.75) is 59.3 Å². The molecule has 0 heterocycles. The summed E-state index contributed by atoms with van der Waals surface area (Å²) >= 11 is 0. The van der Waals surface area contributed by atoms with E-state index in [1.807, 2.05) is 6.08 Å². The molecule has 0 saturated heterocycles. The molecular weight excluding hydrogens is 298 g/mol. The van der Waals surface area contributed by atoms with E-state index in [0.29, 0.717) is 24.2 Å². The Hall–Kier alpha value is -1.38. The Morgan fingerprint density at radius 1 is 1.17 bits per heavy atom. The molecule has 24 heavy (non-hydrogen) atoms. The summed E-state index contributed by atoms with van der Waals surface area (Å²) in [6.07, 6.45) is 10.3. The van der Waals surface area contributed by atoms with Crippen LogP contribution >= 0.6 is 0 Å². The van der Waals surface area contributed by atoms with Gasteiger partial charge in [0.2, 0.25) is 5.91 Å². The zero-order chi connectivity index (χ0) is 17.3. The molecule has 0 aromatic heterocycles. The number of amides is 1. The van der Waals surface area contributed by atoms with Crippen LogP contribution in [0.1, 0.15) is 59.3 Å². The van der Waals surface area contributed by atoms with E-state index < -0.39 is 0 Å². The van der Waals surface area contributed by atoms with Crippen LogP contribution in [0.5, 0.6) is 0 Å². The normalized spacial score (nSPS) is 47.2. The van der Waals surface area contributed by atoms with Gasteiger partial charge in [-0.15, -0.1) is 0 Å². The number of ketones is 1. The molecule has 2 N–H and O–H groups in total. The maximum absolute atomic E-state index is 12.0. The van der Waals surface area contributed by atoms with Crippen LogP contribution < -0.4 is 5.73 Å². The van der Waals surface area contributed by atoms with Crippen LogP contribution in [0, 0.1) is 34.5 Å². The summed E-state index contributed by atoms with van der Waals surface area (Å²) in [7, 11) is 0. The molecule has 0 aromatic rings.